The molecule has 0 radical (unpaired) electrons. The van der Waals surface area contributed by atoms with Crippen molar-refractivity contribution >= 4 is 5.91 Å². The lowest BCUT2D eigenvalue weighted by Gasteiger charge is -2.26. The predicted molar refractivity (Wildman–Crippen MR) is 57.4 cm³/mol. The van der Waals surface area contributed by atoms with Crippen molar-refractivity contribution in [3.63, 3.8) is 0 Å². The minimum Gasteiger partial charge on any atom is -0.394 e. The van der Waals surface area contributed by atoms with Gasteiger partial charge in [-0.1, -0.05) is 13.8 Å². The van der Waals surface area contributed by atoms with Crippen molar-refractivity contribution in [2.24, 2.45) is 0 Å². The van der Waals surface area contributed by atoms with Gasteiger partial charge >= 0.3 is 0 Å². The van der Waals surface area contributed by atoms with E-state index in [-0.39, 0.29) is 24.1 Å². The van der Waals surface area contributed by atoms with Gasteiger partial charge in [0.05, 0.1) is 18.2 Å². The van der Waals surface area contributed by atoms with E-state index in [1.165, 1.54) is 0 Å². The highest BCUT2D eigenvalue weighted by Crippen LogP contribution is 2.43. The summed E-state index contributed by atoms with van der Waals surface area (Å²) >= 11 is 0. The van der Waals surface area contributed by atoms with E-state index in [1.54, 1.807) is 0 Å². The number of nitrogens with zero attached hydrogens (tertiary/aromatic N) is 1. The third kappa shape index (κ3) is 1.88. The number of amides is 1. The molecule has 1 saturated heterocycles. The van der Waals surface area contributed by atoms with Gasteiger partial charge in [0.1, 0.15) is 0 Å². The molecule has 0 aromatic heterocycles. The molecule has 0 aromatic rings. The predicted octanol–water partition coefficient (Wildman–Crippen LogP) is 0.110. The van der Waals surface area contributed by atoms with Crippen LogP contribution < -0.4 is 5.32 Å². The Morgan fingerprint density at radius 1 is 1.60 bits per heavy atom. The quantitative estimate of drug-likeness (QED) is 0.695. The maximum atomic E-state index is 12.0. The molecule has 2 aliphatic rings. The van der Waals surface area contributed by atoms with Crippen LogP contribution >= 0.6 is 0 Å². The molecule has 1 unspecified atom stereocenters. The van der Waals surface area contributed by atoms with Crippen molar-refractivity contribution < 1.29 is 9.90 Å². The summed E-state index contributed by atoms with van der Waals surface area (Å²) in [6, 6.07) is 0.303. The number of aliphatic hydroxyl groups excluding tert-OH is 1. The summed E-state index contributed by atoms with van der Waals surface area (Å²) in [5.74, 6) is 0.176. The van der Waals surface area contributed by atoms with E-state index in [0.29, 0.717) is 6.04 Å². The molecule has 2 N–H and O–H groups in total. The van der Waals surface area contributed by atoms with Gasteiger partial charge in [-0.2, -0.15) is 0 Å². The fourth-order valence-corrected chi connectivity index (χ4v) is 2.37. The third-order valence-electron chi connectivity index (χ3n) is 3.43. The van der Waals surface area contributed by atoms with Crippen LogP contribution in [0.2, 0.25) is 0 Å². The lowest BCUT2D eigenvalue weighted by molar-refractivity contribution is -0.133. The lowest BCUT2D eigenvalue weighted by Crippen LogP contribution is -2.47. The number of nitrogens with one attached hydrogen (secondary N) is 1. The van der Waals surface area contributed by atoms with E-state index in [1.807, 2.05) is 4.90 Å². The molecular formula is C11H20N2O2. The van der Waals surface area contributed by atoms with Crippen molar-refractivity contribution in [1.82, 2.24) is 10.2 Å². The Hall–Kier alpha value is -0.610. The first-order valence-electron chi connectivity index (χ1n) is 5.77. The lowest BCUT2D eigenvalue weighted by atomic mass is 10.2. The van der Waals surface area contributed by atoms with E-state index in [4.69, 9.17) is 0 Å². The fourth-order valence-electron chi connectivity index (χ4n) is 2.37. The molecule has 0 aromatic carbocycles. The minimum absolute atomic E-state index is 0.0333. The van der Waals surface area contributed by atoms with Crippen molar-refractivity contribution in [2.75, 3.05) is 13.2 Å². The van der Waals surface area contributed by atoms with E-state index in [0.717, 1.165) is 25.8 Å². The second kappa shape index (κ2) is 3.76. The van der Waals surface area contributed by atoms with Gasteiger partial charge in [0, 0.05) is 12.6 Å². The molecule has 0 bridgehead atoms. The second-order valence-corrected chi connectivity index (χ2v) is 5.03. The van der Waals surface area contributed by atoms with Gasteiger partial charge in [0.2, 0.25) is 5.91 Å². The summed E-state index contributed by atoms with van der Waals surface area (Å²) in [5, 5.41) is 12.6. The van der Waals surface area contributed by atoms with Crippen LogP contribution in [0.1, 0.15) is 33.1 Å². The molecule has 1 aliphatic heterocycles. The Balaban J connectivity index is 1.98. The normalized spacial score (nSPS) is 28.9. The number of likely N-dealkylation sites (tertiary alicyclic amines) is 1. The van der Waals surface area contributed by atoms with E-state index in [2.05, 4.69) is 19.2 Å². The van der Waals surface area contributed by atoms with Crippen LogP contribution in [-0.4, -0.2) is 46.7 Å². The van der Waals surface area contributed by atoms with Crippen LogP contribution in [0.3, 0.4) is 0 Å². The molecule has 1 atom stereocenters. The molecule has 1 aliphatic carbocycles. The maximum absolute atomic E-state index is 12.0. The number of carbonyl (C=O) groups excluding carboxylic acids is 1. The van der Waals surface area contributed by atoms with Crippen LogP contribution in [0, 0.1) is 0 Å². The zero-order chi connectivity index (χ0) is 11.1. The van der Waals surface area contributed by atoms with Crippen molar-refractivity contribution in [3.8, 4) is 0 Å². The smallest absolute Gasteiger partial charge is 0.240 e. The first-order valence-corrected chi connectivity index (χ1v) is 5.77. The van der Waals surface area contributed by atoms with Gasteiger partial charge in [0.15, 0.2) is 0 Å². The second-order valence-electron chi connectivity index (χ2n) is 5.03. The molecule has 1 heterocycles. The number of aliphatic hydroxyl groups is 1. The average molecular weight is 212 g/mol. The fraction of sp³-hybridized carbons (Fsp3) is 0.909. The Bertz CT molecular complexity index is 261. The first kappa shape index (κ1) is 10.9. The monoisotopic (exact) mass is 212 g/mol. The van der Waals surface area contributed by atoms with Crippen molar-refractivity contribution in [2.45, 2.75) is 50.7 Å². The van der Waals surface area contributed by atoms with Gasteiger partial charge in [-0.15, -0.1) is 0 Å². The maximum Gasteiger partial charge on any atom is 0.240 e. The summed E-state index contributed by atoms with van der Waals surface area (Å²) in [6.07, 6.45) is 2.80. The van der Waals surface area contributed by atoms with Crippen LogP contribution in [0.25, 0.3) is 0 Å². The highest BCUT2D eigenvalue weighted by molar-refractivity contribution is 5.85. The molecule has 2 fully saturated rings. The van der Waals surface area contributed by atoms with E-state index in [9.17, 15) is 9.90 Å². The van der Waals surface area contributed by atoms with Crippen LogP contribution in [-0.2, 0) is 4.79 Å². The Morgan fingerprint density at radius 2 is 2.27 bits per heavy atom. The summed E-state index contributed by atoms with van der Waals surface area (Å²) in [7, 11) is 0. The highest BCUT2D eigenvalue weighted by Gasteiger charge is 2.52. The molecule has 15 heavy (non-hydrogen) atoms. The average Bonchev–Trinajstić information content (AvgIpc) is 2.90. The molecular weight excluding hydrogens is 192 g/mol. The Labute approximate surface area is 90.6 Å². The molecule has 86 valence electrons. The summed E-state index contributed by atoms with van der Waals surface area (Å²) in [5.41, 5.74) is -0.190. The molecule has 4 heteroatoms. The van der Waals surface area contributed by atoms with E-state index < -0.39 is 0 Å². The zero-order valence-corrected chi connectivity index (χ0v) is 9.49. The van der Waals surface area contributed by atoms with Crippen LogP contribution in [0.15, 0.2) is 0 Å². The minimum atomic E-state index is -0.190. The SMILES string of the molecule is CC(C)NC1CCN(C2(CO)CC2)C1=O. The van der Waals surface area contributed by atoms with Crippen LogP contribution in [0.4, 0.5) is 0 Å². The zero-order valence-electron chi connectivity index (χ0n) is 9.49. The summed E-state index contributed by atoms with van der Waals surface area (Å²) < 4.78 is 0. The number of hydrogen-bond donors (Lipinski definition) is 2. The molecule has 0 spiro atoms. The highest BCUT2D eigenvalue weighted by atomic mass is 16.3. The van der Waals surface area contributed by atoms with Gasteiger partial charge < -0.3 is 15.3 Å². The number of hydrogen-bond acceptors (Lipinski definition) is 3. The number of rotatable bonds is 4. The van der Waals surface area contributed by atoms with Crippen molar-refractivity contribution in [3.05, 3.63) is 0 Å². The third-order valence-corrected chi connectivity index (χ3v) is 3.43. The van der Waals surface area contributed by atoms with Gasteiger partial charge in [-0.05, 0) is 19.3 Å². The topological polar surface area (TPSA) is 52.6 Å². The summed E-state index contributed by atoms with van der Waals surface area (Å²) in [4.78, 5) is 13.9. The molecule has 1 amide bonds. The van der Waals surface area contributed by atoms with E-state index >= 15 is 0 Å². The Morgan fingerprint density at radius 3 is 2.73 bits per heavy atom. The van der Waals surface area contributed by atoms with Crippen LogP contribution in [0.5, 0.6) is 0 Å². The molecule has 2 rings (SSSR count). The molecule has 4 nitrogen and oxygen atoms in total. The summed E-state index contributed by atoms with van der Waals surface area (Å²) in [6.45, 7) is 5.01. The Kier molecular flexibility index (Phi) is 2.73. The van der Waals surface area contributed by atoms with Crippen molar-refractivity contribution in [1.29, 1.82) is 0 Å². The first-order chi connectivity index (χ1) is 7.09. The standard InChI is InChI=1S/C11H20N2O2/c1-8(2)12-9-3-6-13(10(9)15)11(7-14)4-5-11/h8-9,12,14H,3-7H2,1-2H3. The van der Waals surface area contributed by atoms with Gasteiger partial charge in [-0.25, -0.2) is 0 Å². The number of carbonyl (C=O) groups is 1. The largest absolute Gasteiger partial charge is 0.394 e. The van der Waals surface area contributed by atoms with Gasteiger partial charge in [0.25, 0.3) is 0 Å². The van der Waals surface area contributed by atoms with Gasteiger partial charge in [-0.3, -0.25) is 4.79 Å². The molecule has 1 saturated carbocycles.